The first kappa shape index (κ1) is 17.8. The highest BCUT2D eigenvalue weighted by molar-refractivity contribution is 9.10. The number of anilines is 1. The smallest absolute Gasteiger partial charge is 0.266 e. The van der Waals surface area contributed by atoms with Gasteiger partial charge in [0.2, 0.25) is 5.95 Å². The van der Waals surface area contributed by atoms with Gasteiger partial charge in [-0.05, 0) is 28.1 Å². The van der Waals surface area contributed by atoms with Gasteiger partial charge < -0.3 is 4.90 Å². The molecule has 0 atom stereocenters. The zero-order valence-electron chi connectivity index (χ0n) is 14.6. The maximum absolute atomic E-state index is 12.1. The van der Waals surface area contributed by atoms with E-state index in [9.17, 15) is 4.79 Å². The van der Waals surface area contributed by atoms with Gasteiger partial charge in [-0.2, -0.15) is 5.10 Å². The summed E-state index contributed by atoms with van der Waals surface area (Å²) < 4.78 is 4.02. The molecule has 0 radical (unpaired) electrons. The summed E-state index contributed by atoms with van der Waals surface area (Å²) in [6.07, 6.45) is 7.02. The fourth-order valence-corrected chi connectivity index (χ4v) is 3.21. The minimum Gasteiger partial charge on any atom is -0.338 e. The zero-order valence-corrected chi connectivity index (χ0v) is 16.2. The van der Waals surface area contributed by atoms with Crippen LogP contribution in [0, 0.1) is 0 Å². The second-order valence-corrected chi connectivity index (χ2v) is 7.15. The molecule has 0 aliphatic carbocycles. The second kappa shape index (κ2) is 7.97. The van der Waals surface area contributed by atoms with Crippen molar-refractivity contribution in [3.05, 3.63) is 57.8 Å². The average molecular weight is 431 g/mol. The summed E-state index contributed by atoms with van der Waals surface area (Å²) in [4.78, 5) is 25.3. The highest BCUT2D eigenvalue weighted by Gasteiger charge is 2.19. The molecular formula is C17H19BrN8O. The van der Waals surface area contributed by atoms with E-state index in [-0.39, 0.29) is 5.56 Å². The zero-order chi connectivity index (χ0) is 18.6. The molecule has 9 nitrogen and oxygen atoms in total. The van der Waals surface area contributed by atoms with E-state index in [1.165, 1.54) is 10.7 Å². The van der Waals surface area contributed by atoms with Crippen molar-refractivity contribution in [2.45, 2.75) is 6.54 Å². The van der Waals surface area contributed by atoms with E-state index < -0.39 is 0 Å². The first-order chi connectivity index (χ1) is 13.2. The van der Waals surface area contributed by atoms with Crippen LogP contribution in [0.1, 0.15) is 0 Å². The molecule has 27 heavy (non-hydrogen) atoms. The molecule has 0 N–H and O–H groups in total. The van der Waals surface area contributed by atoms with Gasteiger partial charge >= 0.3 is 0 Å². The Labute approximate surface area is 164 Å². The van der Waals surface area contributed by atoms with Gasteiger partial charge in [0.25, 0.3) is 5.56 Å². The summed E-state index contributed by atoms with van der Waals surface area (Å²) in [6.45, 7) is 4.82. The van der Waals surface area contributed by atoms with Gasteiger partial charge in [-0.1, -0.05) is 0 Å². The van der Waals surface area contributed by atoms with Gasteiger partial charge in [0, 0.05) is 63.6 Å². The van der Waals surface area contributed by atoms with Crippen LogP contribution in [0.3, 0.4) is 0 Å². The van der Waals surface area contributed by atoms with Crippen LogP contribution in [-0.4, -0.2) is 67.2 Å². The van der Waals surface area contributed by atoms with Gasteiger partial charge in [0.05, 0.1) is 11.0 Å². The Balaban J connectivity index is 1.34. The Bertz CT molecular complexity index is 932. The lowest BCUT2D eigenvalue weighted by Crippen LogP contribution is -2.48. The summed E-state index contributed by atoms with van der Waals surface area (Å²) in [5.74, 6) is 1.39. The van der Waals surface area contributed by atoms with Crippen LogP contribution >= 0.6 is 15.9 Å². The second-order valence-electron chi connectivity index (χ2n) is 6.23. The summed E-state index contributed by atoms with van der Waals surface area (Å²) >= 11 is 3.35. The van der Waals surface area contributed by atoms with E-state index in [0.29, 0.717) is 12.4 Å². The lowest BCUT2D eigenvalue weighted by molar-refractivity contribution is 0.241. The molecule has 4 heterocycles. The van der Waals surface area contributed by atoms with Gasteiger partial charge in [0.15, 0.2) is 5.82 Å². The van der Waals surface area contributed by atoms with Gasteiger partial charge in [-0.25, -0.2) is 19.3 Å². The Kier molecular flexibility index (Phi) is 5.26. The van der Waals surface area contributed by atoms with Crippen molar-refractivity contribution < 1.29 is 0 Å². The lowest BCUT2D eigenvalue weighted by atomic mass is 10.3. The SMILES string of the molecule is O=c1ccc(-n2cccn2)nn1CCN1CCN(c2ncc(Br)cn2)CC1. The molecule has 3 aromatic rings. The number of hydrogen-bond donors (Lipinski definition) is 0. The van der Waals surface area contributed by atoms with Crippen molar-refractivity contribution in [3.63, 3.8) is 0 Å². The van der Waals surface area contributed by atoms with Crippen LogP contribution in [0.4, 0.5) is 5.95 Å². The standard InChI is InChI=1S/C17H19BrN8O/c18-14-12-19-17(20-13-14)24-9-6-23(7-10-24)8-11-26-16(27)3-2-15(22-26)25-5-1-4-21-25/h1-5,12-13H,6-11H2. The molecule has 1 fully saturated rings. The van der Waals surface area contributed by atoms with Crippen molar-refractivity contribution >= 4 is 21.9 Å². The third-order valence-electron chi connectivity index (χ3n) is 4.48. The number of piperazine rings is 1. The van der Waals surface area contributed by atoms with Crippen LogP contribution in [-0.2, 0) is 6.54 Å². The normalized spacial score (nSPS) is 15.2. The van der Waals surface area contributed by atoms with Crippen molar-refractivity contribution in [3.8, 4) is 5.82 Å². The van der Waals surface area contributed by atoms with Gasteiger partial charge in [-0.3, -0.25) is 9.69 Å². The van der Waals surface area contributed by atoms with Gasteiger partial charge in [0.1, 0.15) is 0 Å². The molecule has 3 aromatic heterocycles. The van der Waals surface area contributed by atoms with Crippen LogP contribution in [0.5, 0.6) is 0 Å². The van der Waals surface area contributed by atoms with E-state index in [1.807, 2.05) is 6.07 Å². The van der Waals surface area contributed by atoms with E-state index in [4.69, 9.17) is 0 Å². The van der Waals surface area contributed by atoms with Crippen LogP contribution in [0.25, 0.3) is 5.82 Å². The highest BCUT2D eigenvalue weighted by Crippen LogP contribution is 2.13. The number of rotatable bonds is 5. The fraction of sp³-hybridized carbons (Fsp3) is 0.353. The third-order valence-corrected chi connectivity index (χ3v) is 4.89. The summed E-state index contributed by atoms with van der Waals surface area (Å²) in [7, 11) is 0. The molecule has 10 heteroatoms. The number of aromatic nitrogens is 6. The van der Waals surface area contributed by atoms with Gasteiger partial charge in [-0.15, -0.1) is 5.10 Å². The Morgan fingerprint density at radius 1 is 1.04 bits per heavy atom. The molecule has 140 valence electrons. The number of halogens is 1. The van der Waals surface area contributed by atoms with Crippen molar-refractivity contribution in [1.82, 2.24) is 34.4 Å². The van der Waals surface area contributed by atoms with E-state index in [2.05, 4.69) is 45.9 Å². The Hall–Kier alpha value is -2.59. The third kappa shape index (κ3) is 4.22. The lowest BCUT2D eigenvalue weighted by Gasteiger charge is -2.34. The molecule has 4 rings (SSSR count). The topological polar surface area (TPSA) is 85.0 Å². The number of hydrogen-bond acceptors (Lipinski definition) is 7. The number of nitrogens with zero attached hydrogens (tertiary/aromatic N) is 8. The minimum atomic E-state index is -0.104. The van der Waals surface area contributed by atoms with Crippen molar-refractivity contribution in [2.75, 3.05) is 37.6 Å². The minimum absolute atomic E-state index is 0.104. The molecule has 1 aliphatic rings. The molecular weight excluding hydrogens is 412 g/mol. The van der Waals surface area contributed by atoms with E-state index in [1.54, 1.807) is 35.5 Å². The molecule has 1 aliphatic heterocycles. The van der Waals surface area contributed by atoms with Crippen molar-refractivity contribution in [2.24, 2.45) is 0 Å². The average Bonchev–Trinajstić information content (AvgIpc) is 3.23. The Morgan fingerprint density at radius 3 is 2.52 bits per heavy atom. The predicted molar refractivity (Wildman–Crippen MR) is 104 cm³/mol. The Morgan fingerprint density at radius 2 is 1.81 bits per heavy atom. The first-order valence-electron chi connectivity index (χ1n) is 8.72. The summed E-state index contributed by atoms with van der Waals surface area (Å²) in [5, 5.41) is 8.57. The largest absolute Gasteiger partial charge is 0.338 e. The predicted octanol–water partition coefficient (Wildman–Crippen LogP) is 0.804. The molecule has 0 spiro atoms. The van der Waals surface area contributed by atoms with E-state index >= 15 is 0 Å². The molecule has 0 aromatic carbocycles. The van der Waals surface area contributed by atoms with Crippen LogP contribution < -0.4 is 10.5 Å². The monoisotopic (exact) mass is 430 g/mol. The molecule has 0 bridgehead atoms. The maximum atomic E-state index is 12.1. The molecule has 1 saturated heterocycles. The quantitative estimate of drug-likeness (QED) is 0.591. The van der Waals surface area contributed by atoms with Crippen LogP contribution in [0.2, 0.25) is 0 Å². The summed E-state index contributed by atoms with van der Waals surface area (Å²) in [5.41, 5.74) is -0.104. The molecule has 0 unspecified atom stereocenters. The highest BCUT2D eigenvalue weighted by atomic mass is 79.9. The summed E-state index contributed by atoms with van der Waals surface area (Å²) in [6, 6.07) is 5.04. The molecule has 0 saturated carbocycles. The fourth-order valence-electron chi connectivity index (χ4n) is 3.00. The van der Waals surface area contributed by atoms with Crippen molar-refractivity contribution in [1.29, 1.82) is 0 Å². The van der Waals surface area contributed by atoms with E-state index in [0.717, 1.165) is 43.1 Å². The first-order valence-corrected chi connectivity index (χ1v) is 9.51. The van der Waals surface area contributed by atoms with Crippen LogP contribution in [0.15, 0.2) is 52.3 Å². The maximum Gasteiger partial charge on any atom is 0.266 e. The molecule has 0 amide bonds.